The second-order valence-electron chi connectivity index (χ2n) is 2.84. The van der Waals surface area contributed by atoms with E-state index in [1.165, 1.54) is 0 Å². The first kappa shape index (κ1) is 12.8. The molecule has 0 saturated carbocycles. The molecule has 0 saturated heterocycles. The number of methoxy groups -OCH3 is 1. The molecule has 0 unspecified atom stereocenters. The second-order valence-corrected chi connectivity index (χ2v) is 3.23. The zero-order valence-electron chi connectivity index (χ0n) is 8.14. The Balaban J connectivity index is 3.19. The first-order chi connectivity index (χ1) is 7.45. The van der Waals surface area contributed by atoms with Crippen molar-refractivity contribution in [3.8, 4) is 0 Å². The van der Waals surface area contributed by atoms with Gasteiger partial charge in [-0.1, -0.05) is 11.6 Å². The quantitative estimate of drug-likeness (QED) is 0.614. The van der Waals surface area contributed by atoms with Crippen LogP contribution in [0.5, 0.6) is 0 Å². The van der Waals surface area contributed by atoms with Crippen LogP contribution in [0.25, 0.3) is 0 Å². The second kappa shape index (κ2) is 5.16. The van der Waals surface area contributed by atoms with E-state index in [9.17, 15) is 18.0 Å². The van der Waals surface area contributed by atoms with Crippen molar-refractivity contribution in [1.82, 2.24) is 4.98 Å². The number of alkyl halides is 2. The van der Waals surface area contributed by atoms with Gasteiger partial charge in [0.25, 0.3) is 6.43 Å². The summed E-state index contributed by atoms with van der Waals surface area (Å²) in [7, 11) is 1.08. The minimum Gasteiger partial charge on any atom is -0.469 e. The normalized spacial score (nSPS) is 10.6. The summed E-state index contributed by atoms with van der Waals surface area (Å²) >= 11 is 5.34. The van der Waals surface area contributed by atoms with Crippen LogP contribution in [0.4, 0.5) is 13.2 Å². The molecule has 0 N–H and O–H groups in total. The summed E-state index contributed by atoms with van der Waals surface area (Å²) < 4.78 is 42.6. The molecule has 0 amide bonds. The Bertz CT molecular complexity index is 412. The average Bonchev–Trinajstić information content (AvgIpc) is 2.20. The van der Waals surface area contributed by atoms with Gasteiger partial charge in [-0.15, -0.1) is 0 Å². The molecule has 1 aromatic heterocycles. The average molecular weight is 254 g/mol. The highest BCUT2D eigenvalue weighted by Crippen LogP contribution is 2.25. The number of nitrogens with zero attached hydrogens (tertiary/aromatic N) is 1. The van der Waals surface area contributed by atoms with Gasteiger partial charge in [-0.3, -0.25) is 4.79 Å². The molecule has 1 aromatic rings. The van der Waals surface area contributed by atoms with Crippen LogP contribution in [-0.4, -0.2) is 18.1 Å². The first-order valence-corrected chi connectivity index (χ1v) is 4.53. The molecule has 7 heteroatoms. The third kappa shape index (κ3) is 2.85. The van der Waals surface area contributed by atoms with Crippen molar-refractivity contribution in [2.75, 3.05) is 7.11 Å². The van der Waals surface area contributed by atoms with Gasteiger partial charge in [0.05, 0.1) is 13.5 Å². The van der Waals surface area contributed by atoms with Crippen molar-refractivity contribution < 1.29 is 22.7 Å². The van der Waals surface area contributed by atoms with Crippen LogP contribution in [-0.2, 0) is 16.0 Å². The summed E-state index contributed by atoms with van der Waals surface area (Å²) in [6, 6.07) is 0.770. The number of halogens is 4. The zero-order chi connectivity index (χ0) is 12.3. The lowest BCUT2D eigenvalue weighted by Gasteiger charge is -2.08. The number of pyridine rings is 1. The fourth-order valence-electron chi connectivity index (χ4n) is 1.10. The molecule has 0 aliphatic rings. The van der Waals surface area contributed by atoms with Gasteiger partial charge >= 0.3 is 5.97 Å². The van der Waals surface area contributed by atoms with Gasteiger partial charge < -0.3 is 4.74 Å². The molecular formula is C9H7ClF3NO2. The van der Waals surface area contributed by atoms with Gasteiger partial charge in [-0.25, -0.2) is 18.2 Å². The predicted molar refractivity (Wildman–Crippen MR) is 49.9 cm³/mol. The van der Waals surface area contributed by atoms with Gasteiger partial charge in [-0.05, 0) is 0 Å². The van der Waals surface area contributed by atoms with Crippen molar-refractivity contribution in [2.45, 2.75) is 12.8 Å². The van der Waals surface area contributed by atoms with Crippen LogP contribution in [0.1, 0.15) is 17.7 Å². The maximum atomic E-state index is 13.3. The Morgan fingerprint density at radius 3 is 2.75 bits per heavy atom. The molecule has 0 spiro atoms. The zero-order valence-corrected chi connectivity index (χ0v) is 8.89. The van der Waals surface area contributed by atoms with E-state index in [4.69, 9.17) is 11.6 Å². The van der Waals surface area contributed by atoms with Crippen molar-refractivity contribution in [2.24, 2.45) is 0 Å². The van der Waals surface area contributed by atoms with Crippen LogP contribution in [0, 0.1) is 5.82 Å². The molecule has 1 rings (SSSR count). The van der Waals surface area contributed by atoms with E-state index in [-0.39, 0.29) is 5.15 Å². The minimum absolute atomic E-state index is 0.388. The monoisotopic (exact) mass is 253 g/mol. The lowest BCUT2D eigenvalue weighted by atomic mass is 10.1. The molecule has 0 atom stereocenters. The van der Waals surface area contributed by atoms with E-state index in [1.54, 1.807) is 0 Å². The van der Waals surface area contributed by atoms with Gasteiger partial charge in [0.15, 0.2) is 0 Å². The van der Waals surface area contributed by atoms with Gasteiger partial charge in [-0.2, -0.15) is 0 Å². The molecule has 88 valence electrons. The molecular weight excluding hydrogens is 247 g/mol. The fourth-order valence-corrected chi connectivity index (χ4v) is 1.29. The van der Waals surface area contributed by atoms with Crippen LogP contribution in [0.3, 0.4) is 0 Å². The summed E-state index contributed by atoms with van der Waals surface area (Å²) in [5.74, 6) is -1.83. The molecule has 0 radical (unpaired) electrons. The molecule has 0 aliphatic carbocycles. The van der Waals surface area contributed by atoms with E-state index in [0.29, 0.717) is 0 Å². The number of ether oxygens (including phenoxy) is 1. The number of aromatic nitrogens is 1. The third-order valence-electron chi connectivity index (χ3n) is 1.83. The lowest BCUT2D eigenvalue weighted by molar-refractivity contribution is -0.139. The maximum Gasteiger partial charge on any atom is 0.310 e. The van der Waals surface area contributed by atoms with Crippen LogP contribution < -0.4 is 0 Å². The van der Waals surface area contributed by atoms with Crippen LogP contribution >= 0.6 is 11.6 Å². The molecule has 0 aromatic carbocycles. The minimum atomic E-state index is -3.01. The highest BCUT2D eigenvalue weighted by molar-refractivity contribution is 6.29. The summed E-state index contributed by atoms with van der Waals surface area (Å²) in [6.07, 6.45) is -3.61. The first-order valence-electron chi connectivity index (χ1n) is 4.15. The van der Waals surface area contributed by atoms with Gasteiger partial charge in [0.1, 0.15) is 16.7 Å². The Morgan fingerprint density at radius 2 is 2.25 bits per heavy atom. The molecule has 0 fully saturated rings. The van der Waals surface area contributed by atoms with Crippen LogP contribution in [0.15, 0.2) is 6.07 Å². The SMILES string of the molecule is COC(=O)Cc1c(F)cc(Cl)nc1C(F)F. The third-order valence-corrected chi connectivity index (χ3v) is 2.02. The standard InChI is InChI=1S/C9H7ClF3NO2/c1-16-7(15)2-4-5(11)3-6(10)14-8(4)9(12)13/h3,9H,2H2,1H3. The molecule has 3 nitrogen and oxygen atoms in total. The Labute approximate surface area is 94.2 Å². The van der Waals surface area contributed by atoms with E-state index in [0.717, 1.165) is 13.2 Å². The molecule has 16 heavy (non-hydrogen) atoms. The van der Waals surface area contributed by atoms with E-state index in [1.807, 2.05) is 0 Å². The summed E-state index contributed by atoms with van der Waals surface area (Å²) in [4.78, 5) is 14.2. The van der Waals surface area contributed by atoms with Crippen molar-refractivity contribution >= 4 is 17.6 Å². The van der Waals surface area contributed by atoms with Gasteiger partial charge in [0, 0.05) is 11.6 Å². The molecule has 1 heterocycles. The Kier molecular flexibility index (Phi) is 4.12. The highest BCUT2D eigenvalue weighted by Gasteiger charge is 2.22. The lowest BCUT2D eigenvalue weighted by Crippen LogP contribution is -2.11. The maximum absolute atomic E-state index is 13.3. The molecule has 0 aliphatic heterocycles. The molecule has 0 bridgehead atoms. The summed E-state index contributed by atoms with van der Waals surface area (Å²) in [6.45, 7) is 0. The van der Waals surface area contributed by atoms with E-state index >= 15 is 0 Å². The number of rotatable bonds is 3. The van der Waals surface area contributed by atoms with Crippen molar-refractivity contribution in [3.05, 3.63) is 28.3 Å². The predicted octanol–water partition coefficient (Wildman–Crippen LogP) is 2.53. The van der Waals surface area contributed by atoms with Gasteiger partial charge in [0.2, 0.25) is 0 Å². The fraction of sp³-hybridized carbons (Fsp3) is 0.333. The number of esters is 1. The number of hydrogen-bond donors (Lipinski definition) is 0. The van der Waals surface area contributed by atoms with Crippen molar-refractivity contribution in [3.63, 3.8) is 0 Å². The highest BCUT2D eigenvalue weighted by atomic mass is 35.5. The largest absolute Gasteiger partial charge is 0.469 e. The van der Waals surface area contributed by atoms with Crippen LogP contribution in [0.2, 0.25) is 5.15 Å². The van der Waals surface area contributed by atoms with E-state index in [2.05, 4.69) is 9.72 Å². The number of carbonyl (C=O) groups excluding carboxylic acids is 1. The summed E-state index contributed by atoms with van der Waals surface area (Å²) in [5.41, 5.74) is -1.33. The number of carbonyl (C=O) groups is 1. The smallest absolute Gasteiger partial charge is 0.310 e. The van der Waals surface area contributed by atoms with Crippen molar-refractivity contribution in [1.29, 1.82) is 0 Å². The van der Waals surface area contributed by atoms with E-state index < -0.39 is 35.9 Å². The number of hydrogen-bond acceptors (Lipinski definition) is 3. The Hall–Kier alpha value is -1.30. The Morgan fingerprint density at radius 1 is 1.62 bits per heavy atom. The summed E-state index contributed by atoms with van der Waals surface area (Å²) in [5, 5.41) is -0.388. The topological polar surface area (TPSA) is 39.2 Å².